The fraction of sp³-hybridized carbons (Fsp3) is 0.500. The average Bonchev–Trinajstić information content (AvgIpc) is 2.45. The number of fused-ring (bicyclic) bond motifs is 1. The van der Waals surface area contributed by atoms with E-state index in [-0.39, 0.29) is 6.04 Å². The second kappa shape index (κ2) is 3.15. The van der Waals surface area contributed by atoms with Crippen LogP contribution in [0.2, 0.25) is 0 Å². The molecule has 0 aliphatic heterocycles. The van der Waals surface area contributed by atoms with Gasteiger partial charge in [-0.1, -0.05) is 38.1 Å². The lowest BCUT2D eigenvalue weighted by Gasteiger charge is -2.15. The van der Waals surface area contributed by atoms with Crippen LogP contribution in [-0.2, 0) is 0 Å². The summed E-state index contributed by atoms with van der Waals surface area (Å²) in [6.07, 6.45) is 1.12. The SMILES string of the molecule is CC(C)[C@@H]1C[C@H](N)c2ccccc21. The Morgan fingerprint density at radius 2 is 1.85 bits per heavy atom. The molecule has 2 rings (SSSR count). The van der Waals surface area contributed by atoms with Crippen LogP contribution in [-0.4, -0.2) is 0 Å². The van der Waals surface area contributed by atoms with Gasteiger partial charge in [0.1, 0.15) is 0 Å². The van der Waals surface area contributed by atoms with E-state index in [2.05, 4.69) is 38.1 Å². The maximum absolute atomic E-state index is 6.07. The smallest absolute Gasteiger partial charge is 0.0303 e. The molecule has 0 aromatic heterocycles. The highest BCUT2D eigenvalue weighted by Crippen LogP contribution is 2.42. The summed E-state index contributed by atoms with van der Waals surface area (Å²) in [7, 11) is 0. The third kappa shape index (κ3) is 1.37. The summed E-state index contributed by atoms with van der Waals surface area (Å²) in [5.74, 6) is 1.38. The van der Waals surface area contributed by atoms with E-state index < -0.39 is 0 Å². The third-order valence-electron chi connectivity index (χ3n) is 3.11. The van der Waals surface area contributed by atoms with Crippen LogP contribution < -0.4 is 5.73 Å². The van der Waals surface area contributed by atoms with Gasteiger partial charge in [0.05, 0.1) is 0 Å². The summed E-state index contributed by atoms with van der Waals surface area (Å²) in [4.78, 5) is 0. The Morgan fingerprint density at radius 3 is 2.46 bits per heavy atom. The van der Waals surface area contributed by atoms with E-state index in [9.17, 15) is 0 Å². The molecule has 0 radical (unpaired) electrons. The molecule has 1 heteroatoms. The number of rotatable bonds is 1. The zero-order valence-electron chi connectivity index (χ0n) is 8.33. The van der Waals surface area contributed by atoms with Crippen LogP contribution >= 0.6 is 0 Å². The molecule has 0 unspecified atom stereocenters. The summed E-state index contributed by atoms with van der Waals surface area (Å²) in [5, 5.41) is 0. The van der Waals surface area contributed by atoms with E-state index in [0.717, 1.165) is 6.42 Å². The zero-order valence-corrected chi connectivity index (χ0v) is 8.33. The van der Waals surface area contributed by atoms with Gasteiger partial charge < -0.3 is 5.73 Å². The first kappa shape index (κ1) is 8.76. The Labute approximate surface area is 80.0 Å². The van der Waals surface area contributed by atoms with Crippen LogP contribution in [0.3, 0.4) is 0 Å². The molecule has 0 heterocycles. The van der Waals surface area contributed by atoms with Crippen LogP contribution in [0, 0.1) is 5.92 Å². The Bertz CT molecular complexity index is 304. The quantitative estimate of drug-likeness (QED) is 0.697. The predicted octanol–water partition coefficient (Wildman–Crippen LogP) is 2.83. The van der Waals surface area contributed by atoms with Gasteiger partial charge in [0.25, 0.3) is 0 Å². The van der Waals surface area contributed by atoms with E-state index in [1.165, 1.54) is 11.1 Å². The van der Waals surface area contributed by atoms with Gasteiger partial charge in [0.15, 0.2) is 0 Å². The van der Waals surface area contributed by atoms with E-state index >= 15 is 0 Å². The van der Waals surface area contributed by atoms with Crippen molar-refractivity contribution < 1.29 is 0 Å². The Balaban J connectivity index is 2.41. The lowest BCUT2D eigenvalue weighted by Crippen LogP contribution is -2.07. The van der Waals surface area contributed by atoms with Crippen molar-refractivity contribution in [3.05, 3.63) is 35.4 Å². The summed E-state index contributed by atoms with van der Waals surface area (Å²) >= 11 is 0. The predicted molar refractivity (Wildman–Crippen MR) is 55.6 cm³/mol. The first-order chi connectivity index (χ1) is 6.20. The molecule has 1 nitrogen and oxygen atoms in total. The van der Waals surface area contributed by atoms with Crippen molar-refractivity contribution in [2.75, 3.05) is 0 Å². The van der Waals surface area contributed by atoms with Crippen molar-refractivity contribution in [3.8, 4) is 0 Å². The molecule has 2 atom stereocenters. The van der Waals surface area contributed by atoms with Crippen LogP contribution in [0.1, 0.15) is 43.4 Å². The van der Waals surface area contributed by atoms with E-state index in [4.69, 9.17) is 5.73 Å². The molecule has 1 aromatic rings. The molecule has 13 heavy (non-hydrogen) atoms. The van der Waals surface area contributed by atoms with Crippen LogP contribution in [0.15, 0.2) is 24.3 Å². The first-order valence-corrected chi connectivity index (χ1v) is 5.04. The minimum absolute atomic E-state index is 0.267. The van der Waals surface area contributed by atoms with Crippen molar-refractivity contribution in [3.63, 3.8) is 0 Å². The van der Waals surface area contributed by atoms with E-state index in [1.807, 2.05) is 0 Å². The van der Waals surface area contributed by atoms with Gasteiger partial charge in [0.2, 0.25) is 0 Å². The molecular formula is C12H17N. The van der Waals surface area contributed by atoms with Crippen LogP contribution in [0.5, 0.6) is 0 Å². The molecule has 0 bridgehead atoms. The summed E-state index contributed by atoms with van der Waals surface area (Å²) in [5.41, 5.74) is 8.91. The number of hydrogen-bond acceptors (Lipinski definition) is 1. The monoisotopic (exact) mass is 175 g/mol. The minimum atomic E-state index is 0.267. The normalized spacial score (nSPS) is 26.5. The highest BCUT2D eigenvalue weighted by atomic mass is 14.7. The molecule has 0 spiro atoms. The van der Waals surface area contributed by atoms with Gasteiger partial charge in [0, 0.05) is 6.04 Å². The molecule has 0 amide bonds. The molecule has 1 aromatic carbocycles. The second-order valence-corrected chi connectivity index (χ2v) is 4.32. The van der Waals surface area contributed by atoms with Crippen molar-refractivity contribution >= 4 is 0 Å². The maximum Gasteiger partial charge on any atom is 0.0303 e. The van der Waals surface area contributed by atoms with Gasteiger partial charge >= 0.3 is 0 Å². The molecule has 70 valence electrons. The second-order valence-electron chi connectivity index (χ2n) is 4.32. The number of hydrogen-bond donors (Lipinski definition) is 1. The minimum Gasteiger partial charge on any atom is -0.324 e. The van der Waals surface area contributed by atoms with Crippen molar-refractivity contribution in [1.29, 1.82) is 0 Å². The van der Waals surface area contributed by atoms with Crippen molar-refractivity contribution in [2.45, 2.75) is 32.2 Å². The zero-order chi connectivity index (χ0) is 9.42. The molecule has 2 N–H and O–H groups in total. The molecule has 0 fully saturated rings. The topological polar surface area (TPSA) is 26.0 Å². The lowest BCUT2D eigenvalue weighted by atomic mass is 9.90. The standard InChI is InChI=1S/C12H17N/c1-8(2)11-7-12(13)10-6-4-3-5-9(10)11/h3-6,8,11-12H,7,13H2,1-2H3/t11-,12-/m0/s1. The summed E-state index contributed by atoms with van der Waals surface area (Å²) in [6, 6.07) is 8.87. The van der Waals surface area contributed by atoms with Crippen molar-refractivity contribution in [1.82, 2.24) is 0 Å². The molecule has 1 aliphatic carbocycles. The van der Waals surface area contributed by atoms with Gasteiger partial charge in [-0.25, -0.2) is 0 Å². The summed E-state index contributed by atoms with van der Waals surface area (Å²) < 4.78 is 0. The molecular weight excluding hydrogens is 158 g/mol. The third-order valence-corrected chi connectivity index (χ3v) is 3.11. The summed E-state index contributed by atoms with van der Waals surface area (Å²) in [6.45, 7) is 4.55. The van der Waals surface area contributed by atoms with Crippen LogP contribution in [0.25, 0.3) is 0 Å². The van der Waals surface area contributed by atoms with Gasteiger partial charge in [-0.15, -0.1) is 0 Å². The molecule has 1 aliphatic rings. The Kier molecular flexibility index (Phi) is 2.12. The molecule has 0 saturated heterocycles. The number of benzene rings is 1. The van der Waals surface area contributed by atoms with E-state index in [1.54, 1.807) is 0 Å². The highest BCUT2D eigenvalue weighted by Gasteiger charge is 2.29. The van der Waals surface area contributed by atoms with Gasteiger partial charge in [-0.3, -0.25) is 0 Å². The van der Waals surface area contributed by atoms with Gasteiger partial charge in [-0.2, -0.15) is 0 Å². The van der Waals surface area contributed by atoms with Gasteiger partial charge in [-0.05, 0) is 29.4 Å². The lowest BCUT2D eigenvalue weighted by molar-refractivity contribution is 0.470. The average molecular weight is 175 g/mol. The van der Waals surface area contributed by atoms with Crippen molar-refractivity contribution in [2.24, 2.45) is 11.7 Å². The Hall–Kier alpha value is -0.820. The largest absolute Gasteiger partial charge is 0.324 e. The van der Waals surface area contributed by atoms with Crippen LogP contribution in [0.4, 0.5) is 0 Å². The number of nitrogens with two attached hydrogens (primary N) is 1. The Morgan fingerprint density at radius 1 is 1.23 bits per heavy atom. The van der Waals surface area contributed by atoms with E-state index in [0.29, 0.717) is 11.8 Å². The fourth-order valence-electron chi connectivity index (χ4n) is 2.35. The highest BCUT2D eigenvalue weighted by molar-refractivity contribution is 5.37. The molecule has 0 saturated carbocycles. The fourth-order valence-corrected chi connectivity index (χ4v) is 2.35. The maximum atomic E-state index is 6.07. The first-order valence-electron chi connectivity index (χ1n) is 5.04.